The maximum Gasteiger partial charge on any atom is 0.502 e. The largest absolute Gasteiger partial charge is 0.502 e. The highest BCUT2D eigenvalue weighted by Gasteiger charge is 2.53. The number of alkyl halides is 3. The van der Waals surface area contributed by atoms with Crippen molar-refractivity contribution in [2.24, 2.45) is 5.73 Å². The van der Waals surface area contributed by atoms with Crippen molar-refractivity contribution in [3.05, 3.63) is 0 Å². The van der Waals surface area contributed by atoms with Crippen molar-refractivity contribution in [1.29, 1.82) is 0 Å². The van der Waals surface area contributed by atoms with E-state index in [0.29, 0.717) is 6.42 Å². The summed E-state index contributed by atoms with van der Waals surface area (Å²) in [6.07, 6.45) is 0.394. The van der Waals surface area contributed by atoms with Crippen LogP contribution in [0.5, 0.6) is 0 Å². The minimum absolute atomic E-state index is 0.135. The second kappa shape index (κ2) is 15.5. The van der Waals surface area contributed by atoms with Gasteiger partial charge in [0.05, 0.1) is 26.7 Å². The van der Waals surface area contributed by atoms with Crippen LogP contribution >= 0.6 is 0 Å². The molecule has 0 heterocycles. The van der Waals surface area contributed by atoms with E-state index in [1.165, 1.54) is 13.1 Å². The Bertz CT molecular complexity index is 557. The summed E-state index contributed by atoms with van der Waals surface area (Å²) >= 11 is 0. The number of nitrogens with zero attached hydrogens (tertiary/aromatic N) is 1. The highest BCUT2D eigenvalue weighted by Crippen LogP contribution is 2.30. The molecule has 13 heteroatoms. The topological polar surface area (TPSA) is 97.1 Å². The summed E-state index contributed by atoms with van der Waals surface area (Å²) in [6, 6.07) is 0.156. The van der Waals surface area contributed by atoms with Gasteiger partial charge in [0.25, 0.3) is 9.84 Å². The minimum atomic E-state index is -5.45. The zero-order valence-electron chi connectivity index (χ0n) is 20.0. The van der Waals surface area contributed by atoms with E-state index in [9.17, 15) is 21.6 Å². The van der Waals surface area contributed by atoms with Gasteiger partial charge < -0.3 is 28.2 Å². The molecule has 0 aliphatic rings. The smallest absolute Gasteiger partial charge is 0.379 e. The molecule has 0 bridgehead atoms. The Morgan fingerprint density at radius 1 is 1.06 bits per heavy atom. The summed E-state index contributed by atoms with van der Waals surface area (Å²) in [5.74, 6) is 0. The summed E-state index contributed by atoms with van der Waals surface area (Å²) in [5.41, 5.74) is -2.12. The van der Waals surface area contributed by atoms with Crippen LogP contribution in [0, 0.1) is 0 Å². The summed E-state index contributed by atoms with van der Waals surface area (Å²) in [6.45, 7) is 13.4. The van der Waals surface area contributed by atoms with E-state index in [1.807, 2.05) is 0 Å². The van der Waals surface area contributed by atoms with Gasteiger partial charge in [-0.15, -0.1) is 0 Å². The van der Waals surface area contributed by atoms with E-state index in [0.717, 1.165) is 24.6 Å². The molecule has 190 valence electrons. The van der Waals surface area contributed by atoms with E-state index in [4.69, 9.17) is 23.7 Å². The number of sulfone groups is 1. The number of ether oxygens (including phenoxy) is 1. The van der Waals surface area contributed by atoms with Crippen molar-refractivity contribution >= 4 is 18.6 Å². The fraction of sp³-hybridized carbons (Fsp3) is 1.00. The van der Waals surface area contributed by atoms with Crippen molar-refractivity contribution in [3.8, 4) is 0 Å². The third-order valence-electron chi connectivity index (χ3n) is 4.88. The quantitative estimate of drug-likeness (QED) is 0.273. The van der Waals surface area contributed by atoms with Crippen LogP contribution in [0.4, 0.5) is 13.2 Å². The Labute approximate surface area is 187 Å². The van der Waals surface area contributed by atoms with Gasteiger partial charge in [0, 0.05) is 26.4 Å². The molecule has 1 atom stereocenters. The Morgan fingerprint density at radius 3 is 1.87 bits per heavy atom. The number of quaternary nitrogens is 1. The van der Waals surface area contributed by atoms with E-state index in [1.54, 1.807) is 21.0 Å². The van der Waals surface area contributed by atoms with Gasteiger partial charge in [-0.3, -0.25) is 0 Å². The van der Waals surface area contributed by atoms with Crippen LogP contribution in [-0.4, -0.2) is 92.8 Å². The van der Waals surface area contributed by atoms with E-state index < -0.39 is 29.6 Å². The number of halogens is 3. The molecule has 0 radical (unpaired) electrons. The molecule has 0 saturated carbocycles. The van der Waals surface area contributed by atoms with Crippen LogP contribution < -0.4 is 5.73 Å². The molecular weight excluding hydrogens is 457 g/mol. The lowest BCUT2D eigenvalue weighted by Gasteiger charge is -2.31. The normalized spacial score (nSPS) is 14.2. The average Bonchev–Trinajstić information content (AvgIpc) is 2.70. The SMILES string of the molecule is CCO[Si](CCCN)(OCC)OC(C)S(=O)(=O)C(F)(F)F.CC[N+](C)(CC)CCOC. The minimum Gasteiger partial charge on any atom is -0.379 e. The van der Waals surface area contributed by atoms with E-state index >= 15 is 0 Å². The summed E-state index contributed by atoms with van der Waals surface area (Å²) in [7, 11) is -4.95. The molecule has 0 aromatic carbocycles. The molecule has 0 rings (SSSR count). The van der Waals surface area contributed by atoms with Gasteiger partial charge in [-0.1, -0.05) is 0 Å². The first-order valence-electron chi connectivity index (χ1n) is 10.5. The van der Waals surface area contributed by atoms with Gasteiger partial charge in [0.2, 0.25) is 0 Å². The molecule has 8 nitrogen and oxygen atoms in total. The summed E-state index contributed by atoms with van der Waals surface area (Å²) in [5, 5.41) is 0. The van der Waals surface area contributed by atoms with Crippen molar-refractivity contribution in [3.63, 3.8) is 0 Å². The van der Waals surface area contributed by atoms with E-state index in [-0.39, 0.29) is 25.8 Å². The number of likely N-dealkylation sites (N-methyl/N-ethyl adjacent to an activating group) is 1. The molecule has 0 aliphatic carbocycles. The first-order valence-corrected chi connectivity index (χ1v) is 14.0. The fourth-order valence-corrected chi connectivity index (χ4v) is 6.40. The molecular formula is C18H42F3N2O6SSi+. The van der Waals surface area contributed by atoms with Gasteiger partial charge >= 0.3 is 14.3 Å². The lowest BCUT2D eigenvalue weighted by atomic mass is 10.4. The van der Waals surface area contributed by atoms with Gasteiger partial charge in [-0.25, -0.2) is 8.42 Å². The Morgan fingerprint density at radius 2 is 1.55 bits per heavy atom. The first kappa shape index (κ1) is 32.9. The predicted octanol–water partition coefficient (Wildman–Crippen LogP) is 2.76. The molecule has 0 spiro atoms. The summed E-state index contributed by atoms with van der Waals surface area (Å²) < 4.78 is 82.3. The van der Waals surface area contributed by atoms with Gasteiger partial charge in [-0.2, -0.15) is 13.2 Å². The monoisotopic (exact) mass is 499 g/mol. The fourth-order valence-electron chi connectivity index (χ4n) is 2.43. The van der Waals surface area contributed by atoms with Crippen LogP contribution in [0.1, 0.15) is 41.0 Å². The standard InChI is InChI=1S/C10H22F3NO5SSi.C8H20NO/c1-4-17-21(18-5-2,8-6-7-14)19-9(3)20(15,16)10(11,12)13;1-5-9(3,6-2)7-8-10-4/h9H,4-8,14H2,1-3H3;5-8H2,1-4H3/q;+1. The zero-order chi connectivity index (χ0) is 24.8. The number of hydrogen-bond donors (Lipinski definition) is 1. The highest BCUT2D eigenvalue weighted by molar-refractivity contribution is 7.92. The maximum atomic E-state index is 12.5. The van der Waals surface area contributed by atoms with Crippen LogP contribution in [0.15, 0.2) is 0 Å². The van der Waals surface area contributed by atoms with Crippen LogP contribution in [0.2, 0.25) is 6.04 Å². The zero-order valence-corrected chi connectivity index (χ0v) is 21.8. The lowest BCUT2D eigenvalue weighted by molar-refractivity contribution is -0.906. The van der Waals surface area contributed by atoms with Crippen LogP contribution in [-0.2, 0) is 27.9 Å². The summed E-state index contributed by atoms with van der Waals surface area (Å²) in [4.78, 5) is 0. The molecule has 31 heavy (non-hydrogen) atoms. The lowest BCUT2D eigenvalue weighted by Crippen LogP contribution is -2.51. The molecule has 1 unspecified atom stereocenters. The van der Waals surface area contributed by atoms with Crippen molar-refractivity contribution in [2.75, 3.05) is 60.2 Å². The average molecular weight is 500 g/mol. The van der Waals surface area contributed by atoms with Crippen molar-refractivity contribution < 1.29 is 44.1 Å². The molecule has 0 fully saturated rings. The van der Waals surface area contributed by atoms with Gasteiger partial charge in [0.1, 0.15) is 6.54 Å². The molecule has 0 aliphatic heterocycles. The molecule has 0 saturated heterocycles. The van der Waals surface area contributed by atoms with Crippen LogP contribution in [0.25, 0.3) is 0 Å². The maximum absolute atomic E-state index is 12.5. The predicted molar refractivity (Wildman–Crippen MR) is 117 cm³/mol. The Balaban J connectivity index is 0. The van der Waals surface area contributed by atoms with Crippen molar-refractivity contribution in [2.45, 2.75) is 58.0 Å². The number of rotatable bonds is 15. The van der Waals surface area contributed by atoms with Gasteiger partial charge in [0.15, 0.2) is 5.44 Å². The molecule has 0 amide bonds. The van der Waals surface area contributed by atoms with E-state index in [2.05, 4.69) is 20.9 Å². The molecule has 0 aromatic heterocycles. The Hall–Kier alpha value is -0.283. The number of methoxy groups -OCH3 is 1. The number of nitrogens with two attached hydrogens (primary N) is 1. The molecule has 0 aromatic rings. The second-order valence-electron chi connectivity index (χ2n) is 7.09. The second-order valence-corrected chi connectivity index (χ2v) is 12.0. The number of hydrogen-bond acceptors (Lipinski definition) is 7. The first-order chi connectivity index (χ1) is 14.2. The third-order valence-corrected chi connectivity index (χ3v) is 9.80. The Kier molecular flexibility index (Phi) is 16.5. The van der Waals surface area contributed by atoms with Gasteiger partial charge in [-0.05, 0) is 47.6 Å². The highest BCUT2D eigenvalue weighted by atomic mass is 32.2. The van der Waals surface area contributed by atoms with Crippen molar-refractivity contribution in [1.82, 2.24) is 0 Å². The third kappa shape index (κ3) is 11.9. The van der Waals surface area contributed by atoms with Crippen LogP contribution in [0.3, 0.4) is 0 Å². The molecule has 2 N–H and O–H groups in total.